The summed E-state index contributed by atoms with van der Waals surface area (Å²) >= 11 is 0. The first kappa shape index (κ1) is 18.3. The SMILES string of the molecule is Cc1cnccc1N1CCCN(C(=O)N[C@@H]2CC(=O)Nc3ccccc32)CC1. The molecule has 0 aliphatic carbocycles. The maximum Gasteiger partial charge on any atom is 0.317 e. The van der Waals surface area contributed by atoms with E-state index in [0.29, 0.717) is 13.1 Å². The molecule has 146 valence electrons. The monoisotopic (exact) mass is 379 g/mol. The number of nitrogens with zero attached hydrogens (tertiary/aromatic N) is 3. The third-order valence-corrected chi connectivity index (χ3v) is 5.41. The number of aromatic nitrogens is 1. The molecule has 7 heteroatoms. The molecule has 28 heavy (non-hydrogen) atoms. The molecule has 0 bridgehead atoms. The Kier molecular flexibility index (Phi) is 5.14. The van der Waals surface area contributed by atoms with Gasteiger partial charge in [0.05, 0.1) is 12.5 Å². The molecule has 0 spiro atoms. The molecule has 3 amide bonds. The van der Waals surface area contributed by atoms with Crippen molar-refractivity contribution in [3.63, 3.8) is 0 Å². The number of rotatable bonds is 2. The van der Waals surface area contributed by atoms with Crippen LogP contribution in [-0.4, -0.2) is 48.0 Å². The number of pyridine rings is 1. The van der Waals surface area contributed by atoms with Crippen LogP contribution in [0.15, 0.2) is 42.7 Å². The van der Waals surface area contributed by atoms with Gasteiger partial charge >= 0.3 is 6.03 Å². The summed E-state index contributed by atoms with van der Waals surface area (Å²) in [5.41, 5.74) is 4.05. The predicted molar refractivity (Wildman–Crippen MR) is 108 cm³/mol. The minimum atomic E-state index is -0.292. The quantitative estimate of drug-likeness (QED) is 0.841. The molecule has 1 aromatic heterocycles. The first-order chi connectivity index (χ1) is 13.6. The van der Waals surface area contributed by atoms with Crippen molar-refractivity contribution in [1.82, 2.24) is 15.2 Å². The largest absolute Gasteiger partial charge is 0.369 e. The van der Waals surface area contributed by atoms with Crippen molar-refractivity contribution >= 4 is 23.3 Å². The summed E-state index contributed by atoms with van der Waals surface area (Å²) in [7, 11) is 0. The molecule has 2 aliphatic heterocycles. The van der Waals surface area contributed by atoms with Gasteiger partial charge in [-0.05, 0) is 36.6 Å². The molecule has 2 aromatic rings. The zero-order valence-corrected chi connectivity index (χ0v) is 16.0. The Labute approximate surface area is 164 Å². The van der Waals surface area contributed by atoms with Crippen LogP contribution in [0.3, 0.4) is 0 Å². The van der Waals surface area contributed by atoms with Crippen LogP contribution in [0.25, 0.3) is 0 Å². The summed E-state index contributed by atoms with van der Waals surface area (Å²) < 4.78 is 0. The standard InChI is InChI=1S/C21H25N5O2/c1-15-14-22-8-7-19(15)25-9-4-10-26(12-11-25)21(28)24-18-13-20(27)23-17-6-3-2-5-16(17)18/h2-3,5-8,14,18H,4,9-13H2,1H3,(H,23,27)(H,24,28)/t18-/m1/s1. The van der Waals surface area contributed by atoms with Crippen LogP contribution in [0.5, 0.6) is 0 Å². The molecule has 1 aromatic carbocycles. The second kappa shape index (κ2) is 7.88. The third-order valence-electron chi connectivity index (χ3n) is 5.41. The zero-order valence-electron chi connectivity index (χ0n) is 16.0. The minimum absolute atomic E-state index is 0.0702. The van der Waals surface area contributed by atoms with E-state index >= 15 is 0 Å². The van der Waals surface area contributed by atoms with Gasteiger partial charge in [-0.2, -0.15) is 0 Å². The molecule has 1 saturated heterocycles. The summed E-state index contributed by atoms with van der Waals surface area (Å²) in [6, 6.07) is 9.26. The van der Waals surface area contributed by atoms with Crippen molar-refractivity contribution < 1.29 is 9.59 Å². The molecule has 4 rings (SSSR count). The van der Waals surface area contributed by atoms with Crippen LogP contribution in [0, 0.1) is 6.92 Å². The van der Waals surface area contributed by atoms with E-state index in [4.69, 9.17) is 0 Å². The van der Waals surface area contributed by atoms with Gasteiger partial charge in [-0.3, -0.25) is 9.78 Å². The average Bonchev–Trinajstić information content (AvgIpc) is 2.94. The number of benzene rings is 1. The van der Waals surface area contributed by atoms with E-state index < -0.39 is 0 Å². The highest BCUT2D eigenvalue weighted by Crippen LogP contribution is 2.30. The van der Waals surface area contributed by atoms with Crippen LogP contribution in [0.4, 0.5) is 16.2 Å². The summed E-state index contributed by atoms with van der Waals surface area (Å²) in [4.78, 5) is 33.2. The van der Waals surface area contributed by atoms with E-state index in [0.717, 1.165) is 36.3 Å². The molecule has 2 N–H and O–H groups in total. The second-order valence-corrected chi connectivity index (χ2v) is 7.33. The van der Waals surface area contributed by atoms with Gasteiger partial charge in [0, 0.05) is 49.9 Å². The summed E-state index contributed by atoms with van der Waals surface area (Å²) in [6.07, 6.45) is 4.84. The van der Waals surface area contributed by atoms with E-state index in [9.17, 15) is 9.59 Å². The smallest absolute Gasteiger partial charge is 0.317 e. The minimum Gasteiger partial charge on any atom is -0.369 e. The lowest BCUT2D eigenvalue weighted by molar-refractivity contribution is -0.116. The molecule has 1 atom stereocenters. The van der Waals surface area contributed by atoms with Crippen molar-refractivity contribution in [3.05, 3.63) is 53.9 Å². The number of hydrogen-bond donors (Lipinski definition) is 2. The maximum atomic E-state index is 12.9. The van der Waals surface area contributed by atoms with Gasteiger partial charge in [-0.1, -0.05) is 18.2 Å². The molecule has 2 aliphatic rings. The summed E-state index contributed by atoms with van der Waals surface area (Å²) in [6.45, 7) is 5.09. The fourth-order valence-corrected chi connectivity index (χ4v) is 3.96. The average molecular weight is 379 g/mol. The highest BCUT2D eigenvalue weighted by atomic mass is 16.2. The number of amides is 3. The van der Waals surface area contributed by atoms with Gasteiger partial charge in [0.25, 0.3) is 0 Å². The Balaban J connectivity index is 1.42. The Hall–Kier alpha value is -3.09. The van der Waals surface area contributed by atoms with Gasteiger partial charge in [-0.25, -0.2) is 4.79 Å². The van der Waals surface area contributed by atoms with Gasteiger partial charge in [0.2, 0.25) is 5.91 Å². The number of carbonyl (C=O) groups excluding carboxylic acids is 2. The van der Waals surface area contributed by atoms with E-state index in [1.807, 2.05) is 47.6 Å². The summed E-state index contributed by atoms with van der Waals surface area (Å²) in [5, 5.41) is 5.93. The number of hydrogen-bond acceptors (Lipinski definition) is 4. The number of fused-ring (bicyclic) bond motifs is 1. The van der Waals surface area contributed by atoms with Gasteiger partial charge < -0.3 is 20.4 Å². The van der Waals surface area contributed by atoms with E-state index in [2.05, 4.69) is 27.4 Å². The maximum absolute atomic E-state index is 12.9. The molecular weight excluding hydrogens is 354 g/mol. The van der Waals surface area contributed by atoms with Gasteiger partial charge in [0.1, 0.15) is 0 Å². The predicted octanol–water partition coefficient (Wildman–Crippen LogP) is 2.70. The summed E-state index contributed by atoms with van der Waals surface area (Å²) in [5.74, 6) is -0.0702. The zero-order chi connectivity index (χ0) is 19.5. The van der Waals surface area contributed by atoms with E-state index in [1.165, 1.54) is 5.69 Å². The van der Waals surface area contributed by atoms with E-state index in [-0.39, 0.29) is 24.4 Å². The van der Waals surface area contributed by atoms with Crippen molar-refractivity contribution in [3.8, 4) is 0 Å². The number of carbonyl (C=O) groups is 2. The highest BCUT2D eigenvalue weighted by molar-refractivity contribution is 5.95. The Morgan fingerprint density at radius 1 is 1.18 bits per heavy atom. The lowest BCUT2D eigenvalue weighted by Crippen LogP contribution is -2.45. The fraction of sp³-hybridized carbons (Fsp3) is 0.381. The lowest BCUT2D eigenvalue weighted by Gasteiger charge is -2.29. The van der Waals surface area contributed by atoms with Crippen molar-refractivity contribution in [2.75, 3.05) is 36.4 Å². The van der Waals surface area contributed by atoms with Crippen molar-refractivity contribution in [1.29, 1.82) is 0 Å². The number of anilines is 2. The molecule has 0 saturated carbocycles. The Morgan fingerprint density at radius 3 is 2.89 bits per heavy atom. The van der Waals surface area contributed by atoms with Crippen molar-refractivity contribution in [2.45, 2.75) is 25.8 Å². The van der Waals surface area contributed by atoms with Crippen LogP contribution in [0.1, 0.15) is 30.0 Å². The lowest BCUT2D eigenvalue weighted by atomic mass is 9.97. The molecule has 3 heterocycles. The van der Waals surface area contributed by atoms with Crippen LogP contribution >= 0.6 is 0 Å². The van der Waals surface area contributed by atoms with Crippen LogP contribution in [0.2, 0.25) is 0 Å². The second-order valence-electron chi connectivity index (χ2n) is 7.33. The third kappa shape index (κ3) is 3.78. The van der Waals surface area contributed by atoms with Crippen LogP contribution in [-0.2, 0) is 4.79 Å². The van der Waals surface area contributed by atoms with Gasteiger partial charge in [0.15, 0.2) is 0 Å². The number of aryl methyl sites for hydroxylation is 1. The van der Waals surface area contributed by atoms with Gasteiger partial charge in [-0.15, -0.1) is 0 Å². The normalized spacial score (nSPS) is 19.5. The fourth-order valence-electron chi connectivity index (χ4n) is 3.96. The number of nitrogens with one attached hydrogen (secondary N) is 2. The molecule has 0 radical (unpaired) electrons. The molecule has 1 fully saturated rings. The Bertz CT molecular complexity index is 885. The van der Waals surface area contributed by atoms with E-state index in [1.54, 1.807) is 0 Å². The number of para-hydroxylation sites is 1. The topological polar surface area (TPSA) is 77.6 Å². The first-order valence-electron chi connectivity index (χ1n) is 9.71. The highest BCUT2D eigenvalue weighted by Gasteiger charge is 2.28. The molecular formula is C21H25N5O2. The van der Waals surface area contributed by atoms with Crippen molar-refractivity contribution in [2.24, 2.45) is 0 Å². The number of urea groups is 1. The Morgan fingerprint density at radius 2 is 2.04 bits per heavy atom. The molecule has 7 nitrogen and oxygen atoms in total. The van der Waals surface area contributed by atoms with Crippen LogP contribution < -0.4 is 15.5 Å². The first-order valence-corrected chi connectivity index (χ1v) is 9.71. The molecule has 0 unspecified atom stereocenters.